The van der Waals surface area contributed by atoms with Crippen molar-refractivity contribution in [1.82, 2.24) is 0 Å². The molecule has 1 heterocycles. The second kappa shape index (κ2) is 5.36. The van der Waals surface area contributed by atoms with Gasteiger partial charge in [-0.1, -0.05) is 6.92 Å². The number of piperidine rings is 1. The summed E-state index contributed by atoms with van der Waals surface area (Å²) in [5.41, 5.74) is 6.92. The summed E-state index contributed by atoms with van der Waals surface area (Å²) in [5.74, 6) is 0.690. The molecule has 18 heavy (non-hydrogen) atoms. The van der Waals surface area contributed by atoms with Crippen LogP contribution in [0.2, 0.25) is 0 Å². The highest BCUT2D eigenvalue weighted by atomic mass is 19.1. The van der Waals surface area contributed by atoms with Crippen molar-refractivity contribution >= 4 is 5.69 Å². The molecule has 1 fully saturated rings. The molecule has 0 aromatic heterocycles. The fourth-order valence-corrected chi connectivity index (χ4v) is 2.51. The Balaban J connectivity index is 2.22. The first-order valence-corrected chi connectivity index (χ1v) is 6.29. The standard InChI is InChI=1S/C14H18FN3/c1-10-2-3-18(9-12(10)8-17)14-5-11(7-16)4-13(15)6-14/h4-6,10,12H,2-3,8-9,17H2,1H3. The Morgan fingerprint density at radius 1 is 1.50 bits per heavy atom. The van der Waals surface area contributed by atoms with E-state index in [1.165, 1.54) is 12.1 Å². The van der Waals surface area contributed by atoms with E-state index in [-0.39, 0.29) is 5.82 Å². The number of halogens is 1. The van der Waals surface area contributed by atoms with Gasteiger partial charge < -0.3 is 10.6 Å². The minimum absolute atomic E-state index is 0.355. The molecular weight excluding hydrogens is 229 g/mol. The third-order valence-corrected chi connectivity index (χ3v) is 3.79. The van der Waals surface area contributed by atoms with Gasteiger partial charge in [0.05, 0.1) is 11.6 Å². The lowest BCUT2D eigenvalue weighted by atomic mass is 9.87. The van der Waals surface area contributed by atoms with E-state index in [1.54, 1.807) is 6.07 Å². The Morgan fingerprint density at radius 2 is 2.28 bits per heavy atom. The minimum Gasteiger partial charge on any atom is -0.371 e. The Bertz CT molecular complexity index is 467. The monoisotopic (exact) mass is 247 g/mol. The second-order valence-electron chi connectivity index (χ2n) is 5.02. The molecule has 1 aromatic carbocycles. The van der Waals surface area contributed by atoms with Gasteiger partial charge in [-0.15, -0.1) is 0 Å². The Labute approximate surface area is 107 Å². The van der Waals surface area contributed by atoms with Crippen molar-refractivity contribution in [3.8, 4) is 6.07 Å². The van der Waals surface area contributed by atoms with Gasteiger partial charge in [-0.05, 0) is 43.0 Å². The highest BCUT2D eigenvalue weighted by Crippen LogP contribution is 2.27. The number of anilines is 1. The van der Waals surface area contributed by atoms with Crippen LogP contribution in [0, 0.1) is 29.0 Å². The minimum atomic E-state index is -0.355. The first-order valence-electron chi connectivity index (χ1n) is 6.29. The third-order valence-electron chi connectivity index (χ3n) is 3.79. The predicted octanol–water partition coefficient (Wildman–Crippen LogP) is 2.12. The van der Waals surface area contributed by atoms with E-state index in [9.17, 15) is 4.39 Å². The summed E-state index contributed by atoms with van der Waals surface area (Å²) in [7, 11) is 0. The summed E-state index contributed by atoms with van der Waals surface area (Å²) in [6.45, 7) is 4.59. The number of rotatable bonds is 2. The highest BCUT2D eigenvalue weighted by Gasteiger charge is 2.25. The smallest absolute Gasteiger partial charge is 0.126 e. The second-order valence-corrected chi connectivity index (χ2v) is 5.02. The van der Waals surface area contributed by atoms with Crippen molar-refractivity contribution in [1.29, 1.82) is 5.26 Å². The van der Waals surface area contributed by atoms with Gasteiger partial charge in [0, 0.05) is 18.8 Å². The lowest BCUT2D eigenvalue weighted by Gasteiger charge is -2.38. The molecule has 1 aromatic rings. The predicted molar refractivity (Wildman–Crippen MR) is 69.7 cm³/mol. The van der Waals surface area contributed by atoms with Gasteiger partial charge in [0.25, 0.3) is 0 Å². The maximum absolute atomic E-state index is 13.4. The number of nitriles is 1. The van der Waals surface area contributed by atoms with Gasteiger partial charge in [-0.25, -0.2) is 4.39 Å². The first kappa shape index (κ1) is 12.8. The van der Waals surface area contributed by atoms with Crippen LogP contribution in [0.25, 0.3) is 0 Å². The zero-order valence-electron chi connectivity index (χ0n) is 10.6. The molecular formula is C14H18FN3. The molecule has 0 saturated carbocycles. The molecule has 0 bridgehead atoms. The van der Waals surface area contributed by atoms with Crippen LogP contribution in [-0.4, -0.2) is 19.6 Å². The summed E-state index contributed by atoms with van der Waals surface area (Å²) >= 11 is 0. The van der Waals surface area contributed by atoms with Crippen LogP contribution in [0.4, 0.5) is 10.1 Å². The molecule has 1 aliphatic heterocycles. The molecule has 2 atom stereocenters. The molecule has 2 rings (SSSR count). The number of hydrogen-bond donors (Lipinski definition) is 1. The Kier molecular flexibility index (Phi) is 3.83. The van der Waals surface area contributed by atoms with Crippen molar-refractivity contribution in [3.63, 3.8) is 0 Å². The van der Waals surface area contributed by atoms with E-state index in [0.29, 0.717) is 23.9 Å². The highest BCUT2D eigenvalue weighted by molar-refractivity contribution is 5.52. The van der Waals surface area contributed by atoms with Crippen LogP contribution in [0.15, 0.2) is 18.2 Å². The Hall–Kier alpha value is -1.60. The van der Waals surface area contributed by atoms with Gasteiger partial charge >= 0.3 is 0 Å². The van der Waals surface area contributed by atoms with Crippen molar-refractivity contribution in [2.45, 2.75) is 13.3 Å². The molecule has 2 unspecified atom stereocenters. The summed E-state index contributed by atoms with van der Waals surface area (Å²) in [6, 6.07) is 6.48. The van der Waals surface area contributed by atoms with E-state index in [0.717, 1.165) is 25.2 Å². The molecule has 2 N–H and O–H groups in total. The molecule has 0 radical (unpaired) electrons. The van der Waals surface area contributed by atoms with Gasteiger partial charge in [0.15, 0.2) is 0 Å². The van der Waals surface area contributed by atoms with E-state index in [4.69, 9.17) is 11.0 Å². The van der Waals surface area contributed by atoms with Crippen LogP contribution in [-0.2, 0) is 0 Å². The molecule has 1 saturated heterocycles. The van der Waals surface area contributed by atoms with Crippen molar-refractivity contribution in [2.75, 3.05) is 24.5 Å². The van der Waals surface area contributed by atoms with Crippen LogP contribution >= 0.6 is 0 Å². The average molecular weight is 247 g/mol. The van der Waals surface area contributed by atoms with Crippen LogP contribution in [0.1, 0.15) is 18.9 Å². The zero-order chi connectivity index (χ0) is 13.1. The number of nitrogens with zero attached hydrogens (tertiary/aromatic N) is 2. The van der Waals surface area contributed by atoms with Crippen LogP contribution in [0.3, 0.4) is 0 Å². The SMILES string of the molecule is CC1CCN(c2cc(F)cc(C#N)c2)CC1CN. The third kappa shape index (κ3) is 2.62. The largest absolute Gasteiger partial charge is 0.371 e. The summed E-state index contributed by atoms with van der Waals surface area (Å²) in [5, 5.41) is 8.87. The average Bonchev–Trinajstić information content (AvgIpc) is 2.38. The molecule has 0 spiro atoms. The van der Waals surface area contributed by atoms with Gasteiger partial charge in [0.1, 0.15) is 5.82 Å². The summed E-state index contributed by atoms with van der Waals surface area (Å²) in [4.78, 5) is 2.13. The fraction of sp³-hybridized carbons (Fsp3) is 0.500. The zero-order valence-corrected chi connectivity index (χ0v) is 10.6. The maximum Gasteiger partial charge on any atom is 0.126 e. The quantitative estimate of drug-likeness (QED) is 0.871. The fourth-order valence-electron chi connectivity index (χ4n) is 2.51. The molecule has 0 amide bonds. The van der Waals surface area contributed by atoms with Gasteiger partial charge in [0.2, 0.25) is 0 Å². The van der Waals surface area contributed by atoms with Crippen molar-refractivity contribution in [2.24, 2.45) is 17.6 Å². The van der Waals surface area contributed by atoms with E-state index < -0.39 is 0 Å². The summed E-state index contributed by atoms with van der Waals surface area (Å²) in [6.07, 6.45) is 1.06. The lowest BCUT2D eigenvalue weighted by Crippen LogP contribution is -2.42. The topological polar surface area (TPSA) is 53.0 Å². The molecule has 0 aliphatic carbocycles. The first-order chi connectivity index (χ1) is 8.63. The van der Waals surface area contributed by atoms with Gasteiger partial charge in [-0.3, -0.25) is 0 Å². The van der Waals surface area contributed by atoms with Crippen LogP contribution < -0.4 is 10.6 Å². The maximum atomic E-state index is 13.4. The summed E-state index contributed by atoms with van der Waals surface area (Å²) < 4.78 is 13.4. The molecule has 1 aliphatic rings. The van der Waals surface area contributed by atoms with E-state index in [1.807, 2.05) is 6.07 Å². The number of benzene rings is 1. The molecule has 96 valence electrons. The van der Waals surface area contributed by atoms with E-state index >= 15 is 0 Å². The van der Waals surface area contributed by atoms with Gasteiger partial charge in [-0.2, -0.15) is 5.26 Å². The molecule has 3 nitrogen and oxygen atoms in total. The lowest BCUT2D eigenvalue weighted by molar-refractivity contribution is 0.308. The number of nitrogens with two attached hydrogens (primary N) is 1. The molecule has 4 heteroatoms. The van der Waals surface area contributed by atoms with E-state index in [2.05, 4.69) is 11.8 Å². The Morgan fingerprint density at radius 3 is 2.94 bits per heavy atom. The number of hydrogen-bond acceptors (Lipinski definition) is 3. The van der Waals surface area contributed by atoms with Crippen molar-refractivity contribution < 1.29 is 4.39 Å². The van der Waals surface area contributed by atoms with Crippen molar-refractivity contribution in [3.05, 3.63) is 29.6 Å². The van der Waals surface area contributed by atoms with Crippen LogP contribution in [0.5, 0.6) is 0 Å². The normalized spacial score (nSPS) is 23.8.